The van der Waals surface area contributed by atoms with Gasteiger partial charge in [-0.3, -0.25) is 4.90 Å². The molecule has 1 saturated heterocycles. The summed E-state index contributed by atoms with van der Waals surface area (Å²) in [5, 5.41) is 2.93. The van der Waals surface area contributed by atoms with E-state index in [1.54, 1.807) is 0 Å². The van der Waals surface area contributed by atoms with E-state index in [9.17, 15) is 4.79 Å². The lowest BCUT2D eigenvalue weighted by Gasteiger charge is -2.20. The maximum Gasteiger partial charge on any atom is 0.407 e. The predicted octanol–water partition coefficient (Wildman–Crippen LogP) is 2.40. The van der Waals surface area contributed by atoms with E-state index in [1.807, 2.05) is 30.3 Å². The lowest BCUT2D eigenvalue weighted by molar-refractivity contribution is 0.135. The van der Waals surface area contributed by atoms with Crippen molar-refractivity contribution in [2.24, 2.45) is 0 Å². The van der Waals surface area contributed by atoms with Crippen LogP contribution < -0.4 is 5.32 Å². The van der Waals surface area contributed by atoms with Gasteiger partial charge in [0.1, 0.15) is 6.61 Å². The summed E-state index contributed by atoms with van der Waals surface area (Å²) in [6, 6.07) is 10.5. The minimum Gasteiger partial charge on any atom is -0.445 e. The van der Waals surface area contributed by atoms with Crippen LogP contribution in [-0.4, -0.2) is 36.2 Å². The zero-order chi connectivity index (χ0) is 13.7. The van der Waals surface area contributed by atoms with E-state index in [4.69, 9.17) is 4.74 Å². The molecule has 4 heteroatoms. The normalized spacial score (nSPS) is 19.6. The van der Waals surface area contributed by atoms with Gasteiger partial charge < -0.3 is 10.1 Å². The van der Waals surface area contributed by atoms with Crippen molar-refractivity contribution in [1.29, 1.82) is 0 Å². The SMILES string of the molecule is CC(C)N1CCC(NC(=O)OCc2ccccc2)C1. The van der Waals surface area contributed by atoms with E-state index < -0.39 is 0 Å². The average molecular weight is 262 g/mol. The van der Waals surface area contributed by atoms with Gasteiger partial charge in [-0.1, -0.05) is 30.3 Å². The molecule has 2 rings (SSSR count). The van der Waals surface area contributed by atoms with E-state index in [0.29, 0.717) is 12.6 Å². The second kappa shape index (κ2) is 6.57. The molecule has 0 spiro atoms. The number of benzene rings is 1. The summed E-state index contributed by atoms with van der Waals surface area (Å²) in [5.74, 6) is 0. The highest BCUT2D eigenvalue weighted by molar-refractivity contribution is 5.67. The summed E-state index contributed by atoms with van der Waals surface area (Å²) in [5.41, 5.74) is 1.01. The highest BCUT2D eigenvalue weighted by atomic mass is 16.5. The summed E-state index contributed by atoms with van der Waals surface area (Å²) in [4.78, 5) is 14.1. The van der Waals surface area contributed by atoms with E-state index in [-0.39, 0.29) is 12.1 Å². The maximum absolute atomic E-state index is 11.7. The Bertz CT molecular complexity index is 406. The van der Waals surface area contributed by atoms with Gasteiger partial charge in [-0.05, 0) is 25.8 Å². The first-order valence-corrected chi connectivity index (χ1v) is 6.86. The Balaban J connectivity index is 1.71. The molecule has 1 amide bonds. The number of likely N-dealkylation sites (tertiary alicyclic amines) is 1. The van der Waals surface area contributed by atoms with Gasteiger partial charge in [-0.15, -0.1) is 0 Å². The monoisotopic (exact) mass is 262 g/mol. The van der Waals surface area contributed by atoms with Crippen LogP contribution in [0.3, 0.4) is 0 Å². The molecule has 1 atom stereocenters. The molecule has 1 unspecified atom stereocenters. The predicted molar refractivity (Wildman–Crippen MR) is 74.9 cm³/mol. The zero-order valence-corrected chi connectivity index (χ0v) is 11.6. The molecule has 1 N–H and O–H groups in total. The smallest absolute Gasteiger partial charge is 0.407 e. The number of hydrogen-bond acceptors (Lipinski definition) is 3. The van der Waals surface area contributed by atoms with Gasteiger partial charge in [0.2, 0.25) is 0 Å². The number of carbonyl (C=O) groups is 1. The van der Waals surface area contributed by atoms with Crippen molar-refractivity contribution < 1.29 is 9.53 Å². The van der Waals surface area contributed by atoms with Crippen LogP contribution in [0.2, 0.25) is 0 Å². The van der Waals surface area contributed by atoms with Crippen molar-refractivity contribution in [3.05, 3.63) is 35.9 Å². The van der Waals surface area contributed by atoms with Gasteiger partial charge in [0, 0.05) is 25.2 Å². The van der Waals surface area contributed by atoms with Crippen LogP contribution in [0, 0.1) is 0 Å². The topological polar surface area (TPSA) is 41.6 Å². The molecule has 0 aromatic heterocycles. The molecule has 1 heterocycles. The van der Waals surface area contributed by atoms with Gasteiger partial charge in [-0.25, -0.2) is 4.79 Å². The van der Waals surface area contributed by atoms with E-state index in [0.717, 1.165) is 25.1 Å². The quantitative estimate of drug-likeness (QED) is 0.906. The fourth-order valence-corrected chi connectivity index (χ4v) is 2.31. The van der Waals surface area contributed by atoms with Gasteiger partial charge in [0.05, 0.1) is 0 Å². The number of nitrogens with one attached hydrogen (secondary N) is 1. The molecule has 0 radical (unpaired) electrons. The molecule has 0 saturated carbocycles. The van der Waals surface area contributed by atoms with Gasteiger partial charge in [0.25, 0.3) is 0 Å². The van der Waals surface area contributed by atoms with Gasteiger partial charge in [0.15, 0.2) is 0 Å². The molecule has 0 bridgehead atoms. The largest absolute Gasteiger partial charge is 0.445 e. The maximum atomic E-state index is 11.7. The number of alkyl carbamates (subject to hydrolysis) is 1. The minimum atomic E-state index is -0.320. The van der Waals surface area contributed by atoms with Crippen LogP contribution in [0.4, 0.5) is 4.79 Å². The van der Waals surface area contributed by atoms with E-state index in [2.05, 4.69) is 24.1 Å². The standard InChI is InChI=1S/C15H22N2O2/c1-12(2)17-9-8-14(10-17)16-15(18)19-11-13-6-4-3-5-7-13/h3-7,12,14H,8-11H2,1-2H3,(H,16,18). The number of nitrogens with zero attached hydrogens (tertiary/aromatic N) is 1. The van der Waals surface area contributed by atoms with Crippen LogP contribution >= 0.6 is 0 Å². The van der Waals surface area contributed by atoms with Crippen molar-refractivity contribution in [2.75, 3.05) is 13.1 Å². The third-order valence-corrected chi connectivity index (χ3v) is 3.48. The summed E-state index contributed by atoms with van der Waals surface area (Å²) in [6.07, 6.45) is 0.679. The van der Waals surface area contributed by atoms with Crippen LogP contribution in [0.25, 0.3) is 0 Å². The molecule has 1 aliphatic heterocycles. The Hall–Kier alpha value is -1.55. The van der Waals surface area contributed by atoms with Crippen molar-refractivity contribution >= 4 is 6.09 Å². The summed E-state index contributed by atoms with van der Waals surface area (Å²) < 4.78 is 5.22. The van der Waals surface area contributed by atoms with Crippen molar-refractivity contribution in [3.63, 3.8) is 0 Å². The minimum absolute atomic E-state index is 0.214. The zero-order valence-electron chi connectivity index (χ0n) is 11.6. The van der Waals surface area contributed by atoms with Gasteiger partial charge >= 0.3 is 6.09 Å². The molecular formula is C15H22N2O2. The van der Waals surface area contributed by atoms with E-state index in [1.165, 1.54) is 0 Å². The first kappa shape index (κ1) is 13.9. The first-order chi connectivity index (χ1) is 9.15. The van der Waals surface area contributed by atoms with E-state index >= 15 is 0 Å². The lowest BCUT2D eigenvalue weighted by atomic mass is 10.2. The molecule has 0 aliphatic carbocycles. The van der Waals surface area contributed by atoms with Crippen molar-refractivity contribution in [1.82, 2.24) is 10.2 Å². The number of amides is 1. The molecule has 1 aromatic carbocycles. The first-order valence-electron chi connectivity index (χ1n) is 6.86. The highest BCUT2D eigenvalue weighted by Crippen LogP contribution is 2.12. The number of carbonyl (C=O) groups excluding carboxylic acids is 1. The second-order valence-corrected chi connectivity index (χ2v) is 5.28. The Morgan fingerprint density at radius 1 is 1.42 bits per heavy atom. The van der Waals surface area contributed by atoms with Crippen molar-refractivity contribution in [2.45, 2.75) is 39.0 Å². The average Bonchev–Trinajstić information content (AvgIpc) is 2.86. The lowest BCUT2D eigenvalue weighted by Crippen LogP contribution is -2.38. The number of rotatable bonds is 4. The Kier molecular flexibility index (Phi) is 4.80. The fraction of sp³-hybridized carbons (Fsp3) is 0.533. The summed E-state index contributed by atoms with van der Waals surface area (Å²) in [7, 11) is 0. The number of ether oxygens (including phenoxy) is 1. The second-order valence-electron chi connectivity index (χ2n) is 5.28. The summed E-state index contributed by atoms with van der Waals surface area (Å²) in [6.45, 7) is 6.64. The van der Waals surface area contributed by atoms with Crippen molar-refractivity contribution in [3.8, 4) is 0 Å². The van der Waals surface area contributed by atoms with Crippen LogP contribution in [-0.2, 0) is 11.3 Å². The Morgan fingerprint density at radius 2 is 2.16 bits per heavy atom. The molecular weight excluding hydrogens is 240 g/mol. The molecule has 104 valence electrons. The Morgan fingerprint density at radius 3 is 2.79 bits per heavy atom. The third kappa shape index (κ3) is 4.24. The van der Waals surface area contributed by atoms with Crippen LogP contribution in [0.5, 0.6) is 0 Å². The third-order valence-electron chi connectivity index (χ3n) is 3.48. The van der Waals surface area contributed by atoms with Crippen LogP contribution in [0.15, 0.2) is 30.3 Å². The van der Waals surface area contributed by atoms with Gasteiger partial charge in [-0.2, -0.15) is 0 Å². The summed E-state index contributed by atoms with van der Waals surface area (Å²) >= 11 is 0. The molecule has 4 nitrogen and oxygen atoms in total. The number of hydrogen-bond donors (Lipinski definition) is 1. The highest BCUT2D eigenvalue weighted by Gasteiger charge is 2.25. The molecule has 1 aliphatic rings. The molecule has 1 aromatic rings. The Labute approximate surface area is 114 Å². The molecule has 1 fully saturated rings. The fourth-order valence-electron chi connectivity index (χ4n) is 2.31. The molecule has 19 heavy (non-hydrogen) atoms. The van der Waals surface area contributed by atoms with Crippen LogP contribution in [0.1, 0.15) is 25.8 Å².